The molecule has 0 aromatic rings. The van der Waals surface area contributed by atoms with Gasteiger partial charge < -0.3 is 10.1 Å². The van der Waals surface area contributed by atoms with Crippen LogP contribution >= 0.6 is 11.6 Å². The molecule has 0 spiro atoms. The van der Waals surface area contributed by atoms with E-state index in [0.717, 1.165) is 44.9 Å². The Kier molecular flexibility index (Phi) is 5.05. The SMILES string of the molecule is CC1=C[C@H]2[C@H]([C@]3(C)CC[C@H](Cl)C(C)(C)O3)CC[C@@](C)(NC=O)[C@H]2CC1. The molecule has 0 bridgehead atoms. The summed E-state index contributed by atoms with van der Waals surface area (Å²) in [5.41, 5.74) is 0.944. The lowest BCUT2D eigenvalue weighted by atomic mass is 9.55. The molecule has 3 nitrogen and oxygen atoms in total. The van der Waals surface area contributed by atoms with E-state index in [0.29, 0.717) is 17.8 Å². The summed E-state index contributed by atoms with van der Waals surface area (Å²) in [6.07, 6.45) is 9.79. The number of amides is 1. The van der Waals surface area contributed by atoms with Crippen LogP contribution in [-0.2, 0) is 9.53 Å². The van der Waals surface area contributed by atoms with Gasteiger partial charge in [-0.15, -0.1) is 11.6 Å². The highest BCUT2D eigenvalue weighted by Crippen LogP contribution is 2.54. The Hall–Kier alpha value is -0.540. The van der Waals surface area contributed by atoms with Crippen LogP contribution in [0.1, 0.15) is 73.1 Å². The lowest BCUT2D eigenvalue weighted by molar-refractivity contribution is -0.205. The topological polar surface area (TPSA) is 38.3 Å². The van der Waals surface area contributed by atoms with Crippen LogP contribution in [-0.4, -0.2) is 28.5 Å². The van der Waals surface area contributed by atoms with Gasteiger partial charge in [0.25, 0.3) is 0 Å². The summed E-state index contributed by atoms with van der Waals surface area (Å²) in [6.45, 7) is 11.0. The van der Waals surface area contributed by atoms with E-state index in [9.17, 15) is 4.79 Å². The summed E-state index contributed by atoms with van der Waals surface area (Å²) in [7, 11) is 0. The Labute approximate surface area is 157 Å². The fourth-order valence-electron chi connectivity index (χ4n) is 5.84. The molecular weight excluding hydrogens is 334 g/mol. The fourth-order valence-corrected chi connectivity index (χ4v) is 5.99. The quantitative estimate of drug-likeness (QED) is 0.440. The third kappa shape index (κ3) is 3.39. The van der Waals surface area contributed by atoms with E-state index in [1.54, 1.807) is 0 Å². The number of carbonyl (C=O) groups excluding carboxylic acids is 1. The van der Waals surface area contributed by atoms with Gasteiger partial charge in [0.2, 0.25) is 6.41 Å². The van der Waals surface area contributed by atoms with Crippen LogP contribution in [0.25, 0.3) is 0 Å². The molecule has 3 rings (SSSR count). The highest BCUT2D eigenvalue weighted by Gasteiger charge is 2.55. The Bertz CT molecular complexity index is 560. The molecule has 1 saturated heterocycles. The molecule has 1 N–H and O–H groups in total. The van der Waals surface area contributed by atoms with Crippen LogP contribution < -0.4 is 5.32 Å². The van der Waals surface area contributed by atoms with Crippen molar-refractivity contribution < 1.29 is 9.53 Å². The molecule has 0 aromatic carbocycles. The smallest absolute Gasteiger partial charge is 0.207 e. The van der Waals surface area contributed by atoms with Crippen LogP contribution in [0.5, 0.6) is 0 Å². The third-order valence-corrected chi connectivity index (χ3v) is 8.11. The van der Waals surface area contributed by atoms with E-state index in [4.69, 9.17) is 16.3 Å². The average Bonchev–Trinajstić information content (AvgIpc) is 2.51. The van der Waals surface area contributed by atoms with Crippen LogP contribution in [0.4, 0.5) is 0 Å². The molecule has 1 heterocycles. The number of hydrogen-bond acceptors (Lipinski definition) is 2. The molecule has 1 amide bonds. The number of ether oxygens (including phenoxy) is 1. The molecule has 142 valence electrons. The van der Waals surface area contributed by atoms with Gasteiger partial charge >= 0.3 is 0 Å². The maximum Gasteiger partial charge on any atom is 0.207 e. The predicted molar refractivity (Wildman–Crippen MR) is 103 cm³/mol. The lowest BCUT2D eigenvalue weighted by Gasteiger charge is -2.58. The van der Waals surface area contributed by atoms with E-state index >= 15 is 0 Å². The van der Waals surface area contributed by atoms with Crippen molar-refractivity contribution >= 4 is 18.0 Å². The van der Waals surface area contributed by atoms with Gasteiger partial charge in [0.15, 0.2) is 0 Å². The molecule has 0 radical (unpaired) electrons. The van der Waals surface area contributed by atoms with Crippen molar-refractivity contribution in [2.75, 3.05) is 0 Å². The molecule has 4 heteroatoms. The highest BCUT2D eigenvalue weighted by atomic mass is 35.5. The molecule has 3 aliphatic rings. The number of nitrogens with one attached hydrogen (secondary N) is 1. The van der Waals surface area contributed by atoms with E-state index < -0.39 is 0 Å². The standard InChI is InChI=1S/C21H34ClNO2/c1-14-6-7-16-15(12-14)17(8-10-20(16,4)23-13-24)21(5)11-9-18(22)19(2,3)25-21/h12-13,15-18H,6-11H2,1-5H3,(H,23,24)/t15-,16+,17-,18+,20-,21+/m1/s1. The normalized spacial score (nSPS) is 46.7. The largest absolute Gasteiger partial charge is 0.368 e. The van der Waals surface area contributed by atoms with Crippen LogP contribution in [0.15, 0.2) is 11.6 Å². The van der Waals surface area contributed by atoms with Gasteiger partial charge in [0.1, 0.15) is 0 Å². The van der Waals surface area contributed by atoms with E-state index in [1.165, 1.54) is 5.57 Å². The van der Waals surface area contributed by atoms with Crippen LogP contribution in [0, 0.1) is 17.8 Å². The molecule has 25 heavy (non-hydrogen) atoms. The van der Waals surface area contributed by atoms with Gasteiger partial charge in [-0.05, 0) is 90.9 Å². The number of rotatable bonds is 3. The molecule has 2 fully saturated rings. The molecule has 1 saturated carbocycles. The predicted octanol–water partition coefficient (Wildman–Crippen LogP) is 4.83. The average molecular weight is 368 g/mol. The molecule has 0 aromatic heterocycles. The van der Waals surface area contributed by atoms with Gasteiger partial charge in [-0.3, -0.25) is 4.79 Å². The second kappa shape index (κ2) is 6.56. The van der Waals surface area contributed by atoms with E-state index in [2.05, 4.69) is 46.0 Å². The van der Waals surface area contributed by atoms with Crippen molar-refractivity contribution in [1.29, 1.82) is 0 Å². The Morgan fingerprint density at radius 1 is 1.16 bits per heavy atom. The van der Waals surface area contributed by atoms with Crippen molar-refractivity contribution in [3.8, 4) is 0 Å². The van der Waals surface area contributed by atoms with E-state index in [-0.39, 0.29) is 22.1 Å². The Morgan fingerprint density at radius 3 is 2.52 bits per heavy atom. The first kappa shape index (κ1) is 19.2. The Morgan fingerprint density at radius 2 is 1.88 bits per heavy atom. The van der Waals surface area contributed by atoms with Crippen molar-refractivity contribution in [3.63, 3.8) is 0 Å². The molecule has 0 unspecified atom stereocenters. The van der Waals surface area contributed by atoms with Crippen molar-refractivity contribution in [3.05, 3.63) is 11.6 Å². The molecule has 6 atom stereocenters. The minimum atomic E-state index is -0.292. The van der Waals surface area contributed by atoms with Crippen molar-refractivity contribution in [1.82, 2.24) is 5.32 Å². The first-order chi connectivity index (χ1) is 11.6. The molecule has 2 aliphatic carbocycles. The summed E-state index contributed by atoms with van der Waals surface area (Å²) in [6, 6.07) is 0. The minimum absolute atomic E-state index is 0.0746. The maximum absolute atomic E-state index is 11.2. The third-order valence-electron chi connectivity index (χ3n) is 7.37. The first-order valence-corrected chi connectivity index (χ1v) is 10.3. The maximum atomic E-state index is 11.2. The zero-order valence-corrected chi connectivity index (χ0v) is 17.2. The number of alkyl halides is 1. The van der Waals surface area contributed by atoms with Gasteiger partial charge in [-0.1, -0.05) is 11.6 Å². The monoisotopic (exact) mass is 367 g/mol. The summed E-state index contributed by atoms with van der Waals surface area (Å²) >= 11 is 6.54. The number of carbonyl (C=O) groups is 1. The second-order valence-electron chi connectivity index (χ2n) is 9.58. The number of halogens is 1. The minimum Gasteiger partial charge on any atom is -0.368 e. The summed E-state index contributed by atoms with van der Waals surface area (Å²) in [4.78, 5) is 11.2. The fraction of sp³-hybridized carbons (Fsp3) is 0.857. The lowest BCUT2D eigenvalue weighted by Crippen LogP contribution is -2.61. The summed E-state index contributed by atoms with van der Waals surface area (Å²) in [5.74, 6) is 1.43. The van der Waals surface area contributed by atoms with Crippen molar-refractivity contribution in [2.24, 2.45) is 17.8 Å². The van der Waals surface area contributed by atoms with Crippen LogP contribution in [0.3, 0.4) is 0 Å². The zero-order valence-electron chi connectivity index (χ0n) is 16.4. The number of fused-ring (bicyclic) bond motifs is 1. The summed E-state index contributed by atoms with van der Waals surface area (Å²) in [5, 5.41) is 3.24. The first-order valence-electron chi connectivity index (χ1n) is 9.84. The molecular formula is C21H34ClNO2. The van der Waals surface area contributed by atoms with Gasteiger partial charge in [-0.25, -0.2) is 0 Å². The Balaban J connectivity index is 1.92. The van der Waals surface area contributed by atoms with Gasteiger partial charge in [0.05, 0.1) is 16.6 Å². The molecule has 1 aliphatic heterocycles. The van der Waals surface area contributed by atoms with Crippen LogP contribution in [0.2, 0.25) is 0 Å². The van der Waals surface area contributed by atoms with Gasteiger partial charge in [0, 0.05) is 5.54 Å². The van der Waals surface area contributed by atoms with Gasteiger partial charge in [-0.2, -0.15) is 0 Å². The highest BCUT2D eigenvalue weighted by molar-refractivity contribution is 6.21. The number of allylic oxidation sites excluding steroid dienone is 2. The van der Waals surface area contributed by atoms with Crippen molar-refractivity contribution in [2.45, 2.75) is 95.3 Å². The number of hydrogen-bond donors (Lipinski definition) is 1. The van der Waals surface area contributed by atoms with E-state index in [1.807, 2.05) is 0 Å². The zero-order chi connectivity index (χ0) is 18.5. The summed E-state index contributed by atoms with van der Waals surface area (Å²) < 4.78 is 6.67. The second-order valence-corrected chi connectivity index (χ2v) is 10.1.